The van der Waals surface area contributed by atoms with E-state index >= 15 is 0 Å². The van der Waals surface area contributed by atoms with Gasteiger partial charge in [-0.1, -0.05) is 17.3 Å². The molecule has 0 aromatic heterocycles. The Bertz CT molecular complexity index is 564. The molecule has 0 spiro atoms. The highest BCUT2D eigenvalue weighted by molar-refractivity contribution is 6.45. The monoisotopic (exact) mass is 260 g/mol. The quantitative estimate of drug-likeness (QED) is 0.383. The van der Waals surface area contributed by atoms with Gasteiger partial charge in [0, 0.05) is 24.7 Å². The van der Waals surface area contributed by atoms with E-state index in [9.17, 15) is 9.59 Å². The molecule has 100 valence electrons. The molecule has 0 atom stereocenters. The molecule has 1 N–H and O–H groups in total. The summed E-state index contributed by atoms with van der Waals surface area (Å²) in [6, 6.07) is 5.27. The zero-order chi connectivity index (χ0) is 14.0. The molecule has 0 saturated carbocycles. The van der Waals surface area contributed by atoms with Crippen LogP contribution in [0.3, 0.4) is 0 Å². The molecule has 0 saturated heterocycles. The van der Waals surface area contributed by atoms with Gasteiger partial charge in [-0.3, -0.25) is 9.59 Å². The summed E-state index contributed by atoms with van der Waals surface area (Å²) in [6.45, 7) is 3.64. The summed E-state index contributed by atoms with van der Waals surface area (Å²) in [7, 11) is 0. The molecule has 0 unspecified atom stereocenters. The standard InChI is InChI=1S/C14H16N2O3/c1-9(15-19)14(18)12-6-5-11-4-3-7-16(10(2)17)13(11)8-12/h5-6,8,19H,3-4,7H2,1-2H3. The lowest BCUT2D eigenvalue weighted by Crippen LogP contribution is -2.33. The molecule has 5 heteroatoms. The van der Waals surface area contributed by atoms with E-state index in [1.807, 2.05) is 6.07 Å². The summed E-state index contributed by atoms with van der Waals surface area (Å²) < 4.78 is 0. The van der Waals surface area contributed by atoms with Crippen molar-refractivity contribution < 1.29 is 14.8 Å². The average Bonchev–Trinajstić information content (AvgIpc) is 2.44. The summed E-state index contributed by atoms with van der Waals surface area (Å²) in [5.41, 5.74) is 2.32. The highest BCUT2D eigenvalue weighted by Gasteiger charge is 2.22. The van der Waals surface area contributed by atoms with E-state index < -0.39 is 0 Å². The molecule has 0 bridgehead atoms. The number of aryl methyl sites for hydroxylation is 1. The Labute approximate surface area is 111 Å². The molecule has 1 amide bonds. The highest BCUT2D eigenvalue weighted by Crippen LogP contribution is 2.28. The number of nitrogens with zero attached hydrogens (tertiary/aromatic N) is 2. The first-order valence-electron chi connectivity index (χ1n) is 6.19. The third-order valence-electron chi connectivity index (χ3n) is 3.32. The van der Waals surface area contributed by atoms with E-state index in [0.717, 1.165) is 24.1 Å². The maximum atomic E-state index is 11.9. The molecule has 19 heavy (non-hydrogen) atoms. The van der Waals surface area contributed by atoms with Gasteiger partial charge in [-0.2, -0.15) is 0 Å². The third kappa shape index (κ3) is 2.50. The van der Waals surface area contributed by atoms with Crippen LogP contribution < -0.4 is 4.90 Å². The molecule has 0 aliphatic carbocycles. The van der Waals surface area contributed by atoms with Gasteiger partial charge in [-0.15, -0.1) is 0 Å². The number of Topliss-reactive ketones (excluding diaryl/α,β-unsaturated/α-hetero) is 1. The summed E-state index contributed by atoms with van der Waals surface area (Å²) in [4.78, 5) is 25.2. The van der Waals surface area contributed by atoms with Crippen LogP contribution in [-0.2, 0) is 11.2 Å². The molecule has 1 aromatic carbocycles. The van der Waals surface area contributed by atoms with E-state index in [2.05, 4.69) is 5.16 Å². The first-order chi connectivity index (χ1) is 9.04. The van der Waals surface area contributed by atoms with Gasteiger partial charge in [0.25, 0.3) is 0 Å². The largest absolute Gasteiger partial charge is 0.411 e. The SMILES string of the molecule is CC(=O)N1CCCc2ccc(C(=O)C(C)=NO)cc21. The normalized spacial score (nSPS) is 15.1. The van der Waals surface area contributed by atoms with Gasteiger partial charge in [0.2, 0.25) is 11.7 Å². The van der Waals surface area contributed by atoms with Crippen molar-refractivity contribution in [3.05, 3.63) is 29.3 Å². The lowest BCUT2D eigenvalue weighted by Gasteiger charge is -2.28. The predicted molar refractivity (Wildman–Crippen MR) is 72.0 cm³/mol. The van der Waals surface area contributed by atoms with E-state index in [0.29, 0.717) is 12.1 Å². The van der Waals surface area contributed by atoms with Crippen molar-refractivity contribution in [1.29, 1.82) is 0 Å². The molecule has 1 aliphatic rings. The zero-order valence-corrected chi connectivity index (χ0v) is 11.0. The summed E-state index contributed by atoms with van der Waals surface area (Å²) in [5, 5.41) is 11.6. The molecular weight excluding hydrogens is 244 g/mol. The molecule has 2 rings (SSSR count). The average molecular weight is 260 g/mol. The predicted octanol–water partition coefficient (Wildman–Crippen LogP) is 2.02. The Hall–Kier alpha value is -2.17. The van der Waals surface area contributed by atoms with Crippen molar-refractivity contribution in [2.45, 2.75) is 26.7 Å². The van der Waals surface area contributed by atoms with Crippen LogP contribution in [0.15, 0.2) is 23.4 Å². The number of benzene rings is 1. The molecule has 1 aliphatic heterocycles. The lowest BCUT2D eigenvalue weighted by atomic mass is 9.97. The fourth-order valence-electron chi connectivity index (χ4n) is 2.30. The van der Waals surface area contributed by atoms with Crippen LogP contribution in [0.25, 0.3) is 0 Å². The molecule has 1 heterocycles. The van der Waals surface area contributed by atoms with Crippen molar-refractivity contribution in [3.63, 3.8) is 0 Å². The number of amides is 1. The molecular formula is C14H16N2O3. The maximum Gasteiger partial charge on any atom is 0.223 e. The van der Waals surface area contributed by atoms with E-state index in [4.69, 9.17) is 5.21 Å². The topological polar surface area (TPSA) is 70.0 Å². The second kappa shape index (κ2) is 5.22. The van der Waals surface area contributed by atoms with Crippen molar-refractivity contribution >= 4 is 23.1 Å². The number of oxime groups is 1. The van der Waals surface area contributed by atoms with Gasteiger partial charge in [0.1, 0.15) is 5.71 Å². The molecule has 5 nitrogen and oxygen atoms in total. The van der Waals surface area contributed by atoms with Gasteiger partial charge >= 0.3 is 0 Å². The van der Waals surface area contributed by atoms with Gasteiger partial charge in [-0.05, 0) is 31.4 Å². The summed E-state index contributed by atoms with van der Waals surface area (Å²) >= 11 is 0. The Balaban J connectivity index is 2.44. The van der Waals surface area contributed by atoms with Crippen molar-refractivity contribution in [2.24, 2.45) is 5.16 Å². The van der Waals surface area contributed by atoms with Crippen LogP contribution in [0.5, 0.6) is 0 Å². The molecule has 0 radical (unpaired) electrons. The first kappa shape index (κ1) is 13.3. The number of ketones is 1. The summed E-state index contributed by atoms with van der Waals surface area (Å²) in [5.74, 6) is -0.363. The maximum absolute atomic E-state index is 11.9. The zero-order valence-electron chi connectivity index (χ0n) is 11.0. The molecule has 1 aromatic rings. The van der Waals surface area contributed by atoms with Crippen LogP contribution >= 0.6 is 0 Å². The van der Waals surface area contributed by atoms with Crippen LogP contribution in [-0.4, -0.2) is 29.2 Å². The van der Waals surface area contributed by atoms with Gasteiger partial charge < -0.3 is 10.1 Å². The van der Waals surface area contributed by atoms with Crippen LogP contribution in [0.4, 0.5) is 5.69 Å². The fourth-order valence-corrected chi connectivity index (χ4v) is 2.30. The van der Waals surface area contributed by atoms with Crippen LogP contribution in [0.1, 0.15) is 36.2 Å². The van der Waals surface area contributed by atoms with Gasteiger partial charge in [-0.25, -0.2) is 0 Å². The minimum Gasteiger partial charge on any atom is -0.411 e. The van der Waals surface area contributed by atoms with Gasteiger partial charge in [0.15, 0.2) is 0 Å². The second-order valence-corrected chi connectivity index (χ2v) is 4.63. The van der Waals surface area contributed by atoms with Crippen LogP contribution in [0, 0.1) is 0 Å². The van der Waals surface area contributed by atoms with Gasteiger partial charge in [0.05, 0.1) is 0 Å². The van der Waals surface area contributed by atoms with Crippen LogP contribution in [0.2, 0.25) is 0 Å². The number of fused-ring (bicyclic) bond motifs is 1. The molecule has 0 fully saturated rings. The Kier molecular flexibility index (Phi) is 3.64. The number of carbonyl (C=O) groups is 2. The summed E-state index contributed by atoms with van der Waals surface area (Å²) in [6.07, 6.45) is 1.83. The Morgan fingerprint density at radius 3 is 2.68 bits per heavy atom. The Morgan fingerprint density at radius 2 is 2.05 bits per heavy atom. The van der Waals surface area contributed by atoms with Crippen molar-refractivity contribution in [2.75, 3.05) is 11.4 Å². The third-order valence-corrected chi connectivity index (χ3v) is 3.32. The number of rotatable bonds is 2. The fraction of sp³-hybridized carbons (Fsp3) is 0.357. The number of carbonyl (C=O) groups excluding carboxylic acids is 2. The van der Waals surface area contributed by atoms with E-state index in [-0.39, 0.29) is 17.4 Å². The first-order valence-corrected chi connectivity index (χ1v) is 6.19. The van der Waals surface area contributed by atoms with Crippen molar-refractivity contribution in [1.82, 2.24) is 0 Å². The van der Waals surface area contributed by atoms with Crippen molar-refractivity contribution in [3.8, 4) is 0 Å². The number of hydrogen-bond acceptors (Lipinski definition) is 4. The Morgan fingerprint density at radius 1 is 1.32 bits per heavy atom. The highest BCUT2D eigenvalue weighted by atomic mass is 16.4. The lowest BCUT2D eigenvalue weighted by molar-refractivity contribution is -0.116. The second-order valence-electron chi connectivity index (χ2n) is 4.63. The smallest absolute Gasteiger partial charge is 0.223 e. The van der Waals surface area contributed by atoms with E-state index in [1.54, 1.807) is 17.0 Å². The number of anilines is 1. The number of hydrogen-bond donors (Lipinski definition) is 1. The van der Waals surface area contributed by atoms with E-state index in [1.165, 1.54) is 13.8 Å². The minimum absolute atomic E-state index is 0.0295. The minimum atomic E-state index is -0.334.